The number of carbonyl (C=O) groups excluding carboxylic acids is 3. The zero-order valence-corrected chi connectivity index (χ0v) is 11.3. The quantitative estimate of drug-likeness (QED) is 0.847. The van der Waals surface area contributed by atoms with Crippen LogP contribution in [0.4, 0.5) is 4.79 Å². The highest BCUT2D eigenvalue weighted by Gasteiger charge is 2.62. The van der Waals surface area contributed by atoms with Crippen molar-refractivity contribution in [3.8, 4) is 0 Å². The van der Waals surface area contributed by atoms with E-state index in [-0.39, 0.29) is 11.9 Å². The van der Waals surface area contributed by atoms with E-state index in [1.807, 2.05) is 37.3 Å². The van der Waals surface area contributed by atoms with Gasteiger partial charge in [-0.15, -0.1) is 0 Å². The first-order chi connectivity index (χ1) is 9.54. The van der Waals surface area contributed by atoms with Gasteiger partial charge in [0.1, 0.15) is 5.41 Å². The van der Waals surface area contributed by atoms with Crippen LogP contribution in [0.25, 0.3) is 0 Å². The van der Waals surface area contributed by atoms with Gasteiger partial charge in [0.05, 0.1) is 0 Å². The lowest BCUT2D eigenvalue weighted by Crippen LogP contribution is -2.61. The average Bonchev–Trinajstić information content (AvgIpc) is 3.19. The van der Waals surface area contributed by atoms with Gasteiger partial charge in [-0.05, 0) is 31.7 Å². The maximum Gasteiger partial charge on any atom is 0.331 e. The van der Waals surface area contributed by atoms with E-state index < -0.39 is 17.4 Å². The number of benzene rings is 1. The first-order valence-corrected chi connectivity index (χ1v) is 6.77. The summed E-state index contributed by atoms with van der Waals surface area (Å²) in [7, 11) is 0. The Labute approximate surface area is 116 Å². The van der Waals surface area contributed by atoms with Crippen LogP contribution >= 0.6 is 0 Å². The van der Waals surface area contributed by atoms with Crippen molar-refractivity contribution in [1.82, 2.24) is 10.2 Å². The monoisotopic (exact) mass is 272 g/mol. The molecule has 1 spiro atoms. The predicted molar refractivity (Wildman–Crippen MR) is 71.7 cm³/mol. The second-order valence-electron chi connectivity index (χ2n) is 5.56. The molecule has 1 heterocycles. The topological polar surface area (TPSA) is 66.5 Å². The standard InChI is InChI=1S/C15H16N2O3/c1-10(9-11-5-3-2-4-6-11)17-13(19)15(7-8-15)12(18)16-14(17)20/h2-6,10H,7-9H2,1H3,(H,16,18,20). The van der Waals surface area contributed by atoms with Crippen molar-refractivity contribution in [3.63, 3.8) is 0 Å². The van der Waals surface area contributed by atoms with Crippen molar-refractivity contribution in [3.05, 3.63) is 35.9 Å². The van der Waals surface area contributed by atoms with Gasteiger partial charge in [-0.1, -0.05) is 30.3 Å². The van der Waals surface area contributed by atoms with Crippen molar-refractivity contribution < 1.29 is 14.4 Å². The number of nitrogens with one attached hydrogen (secondary N) is 1. The minimum absolute atomic E-state index is 0.268. The number of amides is 4. The smallest absolute Gasteiger partial charge is 0.277 e. The Morgan fingerprint density at radius 1 is 1.20 bits per heavy atom. The molecule has 5 nitrogen and oxygen atoms in total. The van der Waals surface area contributed by atoms with Crippen molar-refractivity contribution in [2.24, 2.45) is 5.41 Å². The number of imide groups is 2. The third kappa shape index (κ3) is 1.90. The van der Waals surface area contributed by atoms with E-state index in [0.29, 0.717) is 19.3 Å². The van der Waals surface area contributed by atoms with Gasteiger partial charge in [0.15, 0.2) is 0 Å². The summed E-state index contributed by atoms with van der Waals surface area (Å²) in [4.78, 5) is 37.3. The molecular weight excluding hydrogens is 256 g/mol. The molecule has 3 rings (SSSR count). The number of barbiturate groups is 1. The van der Waals surface area contributed by atoms with Crippen molar-refractivity contribution in [2.75, 3.05) is 0 Å². The molecule has 0 radical (unpaired) electrons. The molecular formula is C15H16N2O3. The number of nitrogens with zero attached hydrogens (tertiary/aromatic N) is 1. The molecule has 0 aromatic heterocycles. The number of hydrogen-bond acceptors (Lipinski definition) is 3. The van der Waals surface area contributed by atoms with Crippen LogP contribution in [0.5, 0.6) is 0 Å². The molecule has 1 unspecified atom stereocenters. The minimum atomic E-state index is -0.959. The number of carbonyl (C=O) groups is 3. The summed E-state index contributed by atoms with van der Waals surface area (Å²) in [5, 5.41) is 2.31. The van der Waals surface area contributed by atoms with Gasteiger partial charge >= 0.3 is 6.03 Å². The van der Waals surface area contributed by atoms with Crippen LogP contribution in [-0.2, 0) is 16.0 Å². The van der Waals surface area contributed by atoms with Crippen LogP contribution in [0, 0.1) is 5.41 Å². The average molecular weight is 272 g/mol. The van der Waals surface area contributed by atoms with Crippen LogP contribution in [-0.4, -0.2) is 28.8 Å². The zero-order chi connectivity index (χ0) is 14.3. The van der Waals surface area contributed by atoms with Crippen LogP contribution in [0.2, 0.25) is 0 Å². The Hall–Kier alpha value is -2.17. The second kappa shape index (κ2) is 4.44. The van der Waals surface area contributed by atoms with E-state index in [1.165, 1.54) is 4.90 Å². The number of hydrogen-bond donors (Lipinski definition) is 1. The molecule has 20 heavy (non-hydrogen) atoms. The van der Waals surface area contributed by atoms with E-state index >= 15 is 0 Å². The van der Waals surface area contributed by atoms with Gasteiger partial charge < -0.3 is 0 Å². The fraction of sp³-hybridized carbons (Fsp3) is 0.400. The van der Waals surface area contributed by atoms with Crippen LogP contribution in [0.1, 0.15) is 25.3 Å². The Bertz CT molecular complexity index is 578. The highest BCUT2D eigenvalue weighted by atomic mass is 16.2. The van der Waals surface area contributed by atoms with Crippen molar-refractivity contribution in [2.45, 2.75) is 32.2 Å². The van der Waals surface area contributed by atoms with Crippen LogP contribution in [0.15, 0.2) is 30.3 Å². The molecule has 1 aliphatic carbocycles. The van der Waals surface area contributed by atoms with Gasteiger partial charge in [-0.25, -0.2) is 4.79 Å². The summed E-state index contributed by atoms with van der Waals surface area (Å²) in [6.45, 7) is 1.83. The Morgan fingerprint density at radius 3 is 2.45 bits per heavy atom. The SMILES string of the molecule is CC(Cc1ccccc1)N1C(=O)NC(=O)C2(CC2)C1=O. The molecule has 0 bridgehead atoms. The summed E-state index contributed by atoms with van der Waals surface area (Å²) in [6, 6.07) is 8.82. The summed E-state index contributed by atoms with van der Waals surface area (Å²) in [5.74, 6) is -0.773. The third-order valence-corrected chi connectivity index (χ3v) is 4.07. The normalized spacial score (nSPS) is 21.9. The van der Waals surface area contributed by atoms with Crippen LogP contribution < -0.4 is 5.32 Å². The molecule has 5 heteroatoms. The molecule has 1 aliphatic heterocycles. The lowest BCUT2D eigenvalue weighted by Gasteiger charge is -2.34. The summed E-state index contributed by atoms with van der Waals surface area (Å²) >= 11 is 0. The molecule has 1 saturated carbocycles. The fourth-order valence-electron chi connectivity index (χ4n) is 2.71. The minimum Gasteiger partial charge on any atom is -0.277 e. The molecule has 1 aromatic carbocycles. The molecule has 104 valence electrons. The lowest BCUT2D eigenvalue weighted by molar-refractivity contribution is -0.145. The highest BCUT2D eigenvalue weighted by molar-refractivity contribution is 6.21. The Balaban J connectivity index is 1.80. The first kappa shape index (κ1) is 12.8. The second-order valence-corrected chi connectivity index (χ2v) is 5.56. The molecule has 1 aromatic rings. The Kier molecular flexibility index (Phi) is 2.85. The number of rotatable bonds is 3. The third-order valence-electron chi connectivity index (χ3n) is 4.07. The lowest BCUT2D eigenvalue weighted by atomic mass is 9.98. The summed E-state index contributed by atoms with van der Waals surface area (Å²) in [5.41, 5.74) is 0.0983. The van der Waals surface area contributed by atoms with E-state index in [2.05, 4.69) is 5.32 Å². The molecule has 4 amide bonds. The van der Waals surface area contributed by atoms with E-state index in [9.17, 15) is 14.4 Å². The highest BCUT2D eigenvalue weighted by Crippen LogP contribution is 2.49. The summed E-state index contributed by atoms with van der Waals surface area (Å²) in [6.07, 6.45) is 1.67. The molecule has 1 saturated heterocycles. The summed E-state index contributed by atoms with van der Waals surface area (Å²) < 4.78 is 0. The van der Waals surface area contributed by atoms with Crippen molar-refractivity contribution >= 4 is 17.8 Å². The Morgan fingerprint density at radius 2 is 1.85 bits per heavy atom. The maximum absolute atomic E-state index is 12.4. The molecule has 1 N–H and O–H groups in total. The van der Waals surface area contributed by atoms with Gasteiger partial charge in [-0.3, -0.25) is 19.8 Å². The largest absolute Gasteiger partial charge is 0.331 e. The molecule has 2 aliphatic rings. The van der Waals surface area contributed by atoms with Crippen molar-refractivity contribution in [1.29, 1.82) is 0 Å². The zero-order valence-electron chi connectivity index (χ0n) is 11.3. The molecule has 2 fully saturated rings. The predicted octanol–water partition coefficient (Wildman–Crippen LogP) is 1.48. The molecule has 1 atom stereocenters. The van der Waals surface area contributed by atoms with E-state index in [1.54, 1.807) is 0 Å². The van der Waals surface area contributed by atoms with Crippen LogP contribution in [0.3, 0.4) is 0 Å². The van der Waals surface area contributed by atoms with Gasteiger partial charge in [0.2, 0.25) is 11.8 Å². The maximum atomic E-state index is 12.4. The van der Waals surface area contributed by atoms with E-state index in [0.717, 1.165) is 5.56 Å². The van der Waals surface area contributed by atoms with Gasteiger partial charge in [0, 0.05) is 6.04 Å². The number of urea groups is 1. The van der Waals surface area contributed by atoms with Gasteiger partial charge in [0.25, 0.3) is 0 Å². The first-order valence-electron chi connectivity index (χ1n) is 6.77. The fourth-order valence-corrected chi connectivity index (χ4v) is 2.71. The van der Waals surface area contributed by atoms with E-state index in [4.69, 9.17) is 0 Å². The van der Waals surface area contributed by atoms with Gasteiger partial charge in [-0.2, -0.15) is 0 Å².